The Morgan fingerprint density at radius 2 is 1.71 bits per heavy atom. The first kappa shape index (κ1) is 13.7. The van der Waals surface area contributed by atoms with Crippen LogP contribution < -0.4 is 4.74 Å². The topological polar surface area (TPSA) is 29.5 Å². The van der Waals surface area contributed by atoms with Crippen LogP contribution in [0.5, 0.6) is 5.75 Å². The van der Waals surface area contributed by atoms with E-state index in [1.165, 1.54) is 0 Å². The van der Waals surface area contributed by atoms with E-state index in [-0.39, 0.29) is 11.4 Å². The summed E-state index contributed by atoms with van der Waals surface area (Å²) in [7, 11) is 1.65. The summed E-state index contributed by atoms with van der Waals surface area (Å²) in [5.41, 5.74) is 2.73. The number of hydrogen-bond acceptors (Lipinski definition) is 2. The molecule has 0 unspecified atom stereocenters. The van der Waals surface area contributed by atoms with Gasteiger partial charge in [-0.3, -0.25) is 4.79 Å². The second kappa shape index (κ2) is 4.92. The molecule has 0 saturated heterocycles. The summed E-state index contributed by atoms with van der Waals surface area (Å²) in [4.78, 5) is 14.6. The van der Waals surface area contributed by atoms with Gasteiger partial charge in [0.15, 0.2) is 0 Å². The molecule has 2 aromatic rings. The van der Waals surface area contributed by atoms with E-state index in [0.29, 0.717) is 6.54 Å². The molecule has 21 heavy (non-hydrogen) atoms. The normalized spacial score (nSPS) is 16.0. The van der Waals surface area contributed by atoms with Gasteiger partial charge in [-0.25, -0.2) is 0 Å². The highest BCUT2D eigenvalue weighted by molar-refractivity contribution is 5.99. The molecule has 0 radical (unpaired) electrons. The third-order valence-electron chi connectivity index (χ3n) is 4.24. The van der Waals surface area contributed by atoms with Crippen molar-refractivity contribution in [3.63, 3.8) is 0 Å². The Balaban J connectivity index is 1.91. The van der Waals surface area contributed by atoms with Crippen LogP contribution in [0, 0.1) is 0 Å². The fourth-order valence-electron chi connectivity index (χ4n) is 2.93. The van der Waals surface area contributed by atoms with E-state index >= 15 is 0 Å². The fourth-order valence-corrected chi connectivity index (χ4v) is 2.93. The molecule has 0 atom stereocenters. The van der Waals surface area contributed by atoms with Crippen LogP contribution in [0.3, 0.4) is 0 Å². The number of hydrogen-bond donors (Lipinski definition) is 0. The molecule has 3 rings (SSSR count). The molecule has 0 spiro atoms. The first-order valence-electron chi connectivity index (χ1n) is 7.08. The van der Waals surface area contributed by atoms with Gasteiger partial charge in [0.25, 0.3) is 5.91 Å². The molecule has 1 heterocycles. The van der Waals surface area contributed by atoms with Gasteiger partial charge in [-0.1, -0.05) is 30.3 Å². The smallest absolute Gasteiger partial charge is 0.255 e. The first-order valence-corrected chi connectivity index (χ1v) is 7.08. The Morgan fingerprint density at radius 1 is 1.05 bits per heavy atom. The van der Waals surface area contributed by atoms with Crippen molar-refractivity contribution in [2.45, 2.75) is 25.9 Å². The van der Waals surface area contributed by atoms with Crippen LogP contribution in [0.15, 0.2) is 48.5 Å². The van der Waals surface area contributed by atoms with Crippen LogP contribution in [0.2, 0.25) is 0 Å². The van der Waals surface area contributed by atoms with Gasteiger partial charge in [0.2, 0.25) is 0 Å². The van der Waals surface area contributed by atoms with Gasteiger partial charge in [0.05, 0.1) is 12.6 Å². The van der Waals surface area contributed by atoms with Gasteiger partial charge in [-0.15, -0.1) is 0 Å². The lowest BCUT2D eigenvalue weighted by atomic mass is 9.93. The summed E-state index contributed by atoms with van der Waals surface area (Å²) >= 11 is 0. The number of ether oxygens (including phenoxy) is 1. The molecule has 1 amide bonds. The van der Waals surface area contributed by atoms with Gasteiger partial charge in [-0.05, 0) is 43.2 Å². The molecule has 3 heteroatoms. The maximum absolute atomic E-state index is 12.6. The molecule has 0 saturated carbocycles. The molecule has 3 nitrogen and oxygen atoms in total. The number of nitrogens with zero attached hydrogens (tertiary/aromatic N) is 1. The predicted molar refractivity (Wildman–Crippen MR) is 82.3 cm³/mol. The van der Waals surface area contributed by atoms with Gasteiger partial charge >= 0.3 is 0 Å². The van der Waals surface area contributed by atoms with Crippen molar-refractivity contribution < 1.29 is 9.53 Å². The van der Waals surface area contributed by atoms with Crippen molar-refractivity contribution in [1.82, 2.24) is 4.90 Å². The Bertz CT molecular complexity index is 674. The third-order valence-corrected chi connectivity index (χ3v) is 4.24. The monoisotopic (exact) mass is 281 g/mol. The fraction of sp³-hybridized carbons (Fsp3) is 0.278. The maximum Gasteiger partial charge on any atom is 0.255 e. The summed E-state index contributed by atoms with van der Waals surface area (Å²) in [5, 5.41) is 0. The third kappa shape index (κ3) is 2.19. The maximum atomic E-state index is 12.6. The van der Waals surface area contributed by atoms with Crippen molar-refractivity contribution in [2.75, 3.05) is 7.11 Å². The molecular weight excluding hydrogens is 262 g/mol. The summed E-state index contributed by atoms with van der Waals surface area (Å²) in [6.45, 7) is 4.80. The van der Waals surface area contributed by atoms with Gasteiger partial charge in [0, 0.05) is 12.1 Å². The summed E-state index contributed by atoms with van der Waals surface area (Å²) in [5.74, 6) is 0.931. The standard InChI is InChI=1S/C18H19NO2/c1-18(2)16-7-5-4-6-15(16)17(20)19(18)12-13-8-10-14(21-3)11-9-13/h4-11H,12H2,1-3H3. The predicted octanol–water partition coefficient (Wildman–Crippen LogP) is 3.59. The Labute approximate surface area is 125 Å². The van der Waals surface area contributed by atoms with Crippen LogP contribution >= 0.6 is 0 Å². The SMILES string of the molecule is COc1ccc(CN2C(=O)c3ccccc3C2(C)C)cc1. The number of methoxy groups -OCH3 is 1. The van der Waals surface area contributed by atoms with Crippen LogP contribution in [-0.4, -0.2) is 17.9 Å². The average Bonchev–Trinajstić information content (AvgIpc) is 2.70. The molecule has 0 aliphatic carbocycles. The van der Waals surface area contributed by atoms with Gasteiger partial charge in [-0.2, -0.15) is 0 Å². The van der Waals surface area contributed by atoms with Crippen molar-refractivity contribution in [3.8, 4) is 5.75 Å². The minimum absolute atomic E-state index is 0.103. The summed E-state index contributed by atoms with van der Waals surface area (Å²) < 4.78 is 5.17. The largest absolute Gasteiger partial charge is 0.497 e. The van der Waals surface area contributed by atoms with Crippen molar-refractivity contribution in [3.05, 3.63) is 65.2 Å². The Hall–Kier alpha value is -2.29. The number of amides is 1. The molecule has 0 aromatic heterocycles. The minimum Gasteiger partial charge on any atom is -0.497 e. The molecule has 0 fully saturated rings. The van der Waals surface area contributed by atoms with E-state index in [9.17, 15) is 4.79 Å². The lowest BCUT2D eigenvalue weighted by molar-refractivity contribution is 0.0595. The van der Waals surface area contributed by atoms with Crippen LogP contribution in [0.1, 0.15) is 35.3 Å². The number of fused-ring (bicyclic) bond motifs is 1. The highest BCUT2D eigenvalue weighted by Crippen LogP contribution is 2.39. The lowest BCUT2D eigenvalue weighted by Crippen LogP contribution is -2.38. The Morgan fingerprint density at radius 3 is 2.33 bits per heavy atom. The van der Waals surface area contributed by atoms with Crippen molar-refractivity contribution in [2.24, 2.45) is 0 Å². The molecule has 108 valence electrons. The van der Waals surface area contributed by atoms with E-state index in [4.69, 9.17) is 4.74 Å². The quantitative estimate of drug-likeness (QED) is 0.860. The van der Waals surface area contributed by atoms with E-state index in [1.807, 2.05) is 53.4 Å². The summed E-state index contributed by atoms with van der Waals surface area (Å²) in [6.07, 6.45) is 0. The van der Waals surface area contributed by atoms with Gasteiger partial charge in [0.1, 0.15) is 5.75 Å². The van der Waals surface area contributed by atoms with Gasteiger partial charge < -0.3 is 9.64 Å². The molecule has 0 N–H and O–H groups in total. The van der Waals surface area contributed by atoms with E-state index in [2.05, 4.69) is 13.8 Å². The zero-order chi connectivity index (χ0) is 15.0. The lowest BCUT2D eigenvalue weighted by Gasteiger charge is -2.32. The van der Waals surface area contributed by atoms with Crippen LogP contribution in [0.25, 0.3) is 0 Å². The molecule has 1 aliphatic heterocycles. The second-order valence-corrected chi connectivity index (χ2v) is 5.84. The molecular formula is C18H19NO2. The molecule has 2 aromatic carbocycles. The molecule has 0 bridgehead atoms. The minimum atomic E-state index is -0.284. The van der Waals surface area contributed by atoms with Crippen LogP contribution in [0.4, 0.5) is 0 Å². The number of benzene rings is 2. The number of carbonyl (C=O) groups excluding carboxylic acids is 1. The Kier molecular flexibility index (Phi) is 3.20. The summed E-state index contributed by atoms with van der Waals surface area (Å²) in [6, 6.07) is 15.7. The zero-order valence-corrected chi connectivity index (χ0v) is 12.6. The molecule has 1 aliphatic rings. The van der Waals surface area contributed by atoms with E-state index < -0.39 is 0 Å². The average molecular weight is 281 g/mol. The highest BCUT2D eigenvalue weighted by Gasteiger charge is 2.42. The highest BCUT2D eigenvalue weighted by atomic mass is 16.5. The van der Waals surface area contributed by atoms with E-state index in [1.54, 1.807) is 7.11 Å². The number of rotatable bonds is 3. The van der Waals surface area contributed by atoms with Crippen molar-refractivity contribution >= 4 is 5.91 Å². The zero-order valence-electron chi connectivity index (χ0n) is 12.6. The second-order valence-electron chi connectivity index (χ2n) is 5.84. The van der Waals surface area contributed by atoms with E-state index in [0.717, 1.165) is 22.4 Å². The number of carbonyl (C=O) groups is 1. The van der Waals surface area contributed by atoms with Crippen LogP contribution in [-0.2, 0) is 12.1 Å². The first-order chi connectivity index (χ1) is 10.0. The van der Waals surface area contributed by atoms with Crippen molar-refractivity contribution in [1.29, 1.82) is 0 Å².